The zero-order valence-corrected chi connectivity index (χ0v) is 15.6. The lowest BCUT2D eigenvalue weighted by molar-refractivity contribution is -0.137. The third kappa shape index (κ3) is 5.94. The first kappa shape index (κ1) is 20.7. The minimum Gasteiger partial charge on any atom is -0.493 e. The molecule has 27 heavy (non-hydrogen) atoms. The average molecular weight is 378 g/mol. The van der Waals surface area contributed by atoms with Gasteiger partial charge in [0.2, 0.25) is 0 Å². The number of carbonyl (C=O) groups is 1. The van der Waals surface area contributed by atoms with Gasteiger partial charge in [0, 0.05) is 6.42 Å². The maximum Gasteiger partial charge on any atom is 0.303 e. The van der Waals surface area contributed by atoms with Crippen LogP contribution in [0.4, 0.5) is 8.78 Å². The third-order valence-electron chi connectivity index (χ3n) is 4.06. The Bertz CT molecular complexity index is 767. The van der Waals surface area contributed by atoms with Gasteiger partial charge in [-0.1, -0.05) is 25.5 Å². The molecule has 0 saturated heterocycles. The zero-order valence-electron chi connectivity index (χ0n) is 15.6. The van der Waals surface area contributed by atoms with Gasteiger partial charge >= 0.3 is 5.97 Å². The topological polar surface area (TPSA) is 55.8 Å². The van der Waals surface area contributed by atoms with Crippen molar-refractivity contribution in [2.24, 2.45) is 0 Å². The lowest BCUT2D eigenvalue weighted by Gasteiger charge is -2.13. The molecule has 0 fully saturated rings. The van der Waals surface area contributed by atoms with E-state index in [1.807, 2.05) is 13.0 Å². The molecule has 0 saturated carbocycles. The number of aliphatic carboxylic acids is 1. The first-order valence-electron chi connectivity index (χ1n) is 8.99. The summed E-state index contributed by atoms with van der Waals surface area (Å²) < 4.78 is 39.4. The molecule has 2 aromatic rings. The van der Waals surface area contributed by atoms with Gasteiger partial charge in [-0.15, -0.1) is 0 Å². The maximum absolute atomic E-state index is 14.3. The fourth-order valence-electron chi connectivity index (χ4n) is 2.52. The molecule has 0 radical (unpaired) electrons. The standard InChI is InChI=1S/C21H24F2O4/c1-3-4-9-26-19-13-15(8-7-14(19)2)16-11-17(22)21(18(23)12-16)27-10-5-6-20(24)25/h7-8,11-13H,3-6,9-10H2,1-2H3,(H,24,25). The maximum atomic E-state index is 14.3. The van der Waals surface area contributed by atoms with Crippen molar-refractivity contribution in [3.05, 3.63) is 47.5 Å². The molecule has 2 rings (SSSR count). The first-order chi connectivity index (χ1) is 12.9. The molecular weight excluding hydrogens is 354 g/mol. The number of aryl methyl sites for hydroxylation is 1. The van der Waals surface area contributed by atoms with Gasteiger partial charge < -0.3 is 14.6 Å². The van der Waals surface area contributed by atoms with Crippen LogP contribution in [-0.2, 0) is 4.79 Å². The van der Waals surface area contributed by atoms with Gasteiger partial charge in [-0.3, -0.25) is 4.79 Å². The van der Waals surface area contributed by atoms with Crippen molar-refractivity contribution in [3.63, 3.8) is 0 Å². The van der Waals surface area contributed by atoms with E-state index in [0.29, 0.717) is 23.5 Å². The van der Waals surface area contributed by atoms with Crippen molar-refractivity contribution in [1.29, 1.82) is 0 Å². The summed E-state index contributed by atoms with van der Waals surface area (Å²) in [4.78, 5) is 10.5. The smallest absolute Gasteiger partial charge is 0.303 e. The summed E-state index contributed by atoms with van der Waals surface area (Å²) in [6.45, 7) is 4.51. The number of rotatable bonds is 10. The van der Waals surface area contributed by atoms with Crippen LogP contribution in [0.1, 0.15) is 38.2 Å². The van der Waals surface area contributed by atoms with E-state index in [0.717, 1.165) is 18.4 Å². The highest BCUT2D eigenvalue weighted by Crippen LogP contribution is 2.32. The number of carboxylic acid groups (broad SMARTS) is 1. The quantitative estimate of drug-likeness (QED) is 0.565. The van der Waals surface area contributed by atoms with Crippen molar-refractivity contribution < 1.29 is 28.2 Å². The minimum absolute atomic E-state index is 0.0700. The fourth-order valence-corrected chi connectivity index (χ4v) is 2.52. The number of benzene rings is 2. The van der Waals surface area contributed by atoms with Crippen molar-refractivity contribution >= 4 is 5.97 Å². The van der Waals surface area contributed by atoms with Crippen LogP contribution in [0.5, 0.6) is 11.5 Å². The Labute approximate surface area is 157 Å². The molecule has 0 spiro atoms. The minimum atomic E-state index is -0.980. The average Bonchev–Trinajstić information content (AvgIpc) is 2.61. The summed E-state index contributed by atoms with van der Waals surface area (Å²) in [6.07, 6.45) is 2.00. The predicted octanol–water partition coefficient (Wildman–Crippen LogP) is 5.36. The molecule has 0 atom stereocenters. The molecule has 0 aliphatic carbocycles. The van der Waals surface area contributed by atoms with Crippen LogP contribution >= 0.6 is 0 Å². The fraction of sp³-hybridized carbons (Fsp3) is 0.381. The van der Waals surface area contributed by atoms with E-state index >= 15 is 0 Å². The molecule has 0 bridgehead atoms. The Balaban J connectivity index is 2.17. The summed E-state index contributed by atoms with van der Waals surface area (Å²) in [7, 11) is 0. The number of hydrogen-bond acceptors (Lipinski definition) is 3. The predicted molar refractivity (Wildman–Crippen MR) is 99.3 cm³/mol. The van der Waals surface area contributed by atoms with Gasteiger partial charge in [0.05, 0.1) is 13.2 Å². The molecule has 4 nitrogen and oxygen atoms in total. The highest BCUT2D eigenvalue weighted by molar-refractivity contribution is 5.67. The summed E-state index contributed by atoms with van der Waals surface area (Å²) >= 11 is 0. The molecule has 0 unspecified atom stereocenters. The van der Waals surface area contributed by atoms with Crippen LogP contribution in [-0.4, -0.2) is 24.3 Å². The van der Waals surface area contributed by atoms with Gasteiger partial charge in [0.25, 0.3) is 0 Å². The van der Waals surface area contributed by atoms with Crippen molar-refractivity contribution in [2.45, 2.75) is 39.5 Å². The summed E-state index contributed by atoms with van der Waals surface area (Å²) in [6, 6.07) is 7.81. The lowest BCUT2D eigenvalue weighted by atomic mass is 10.0. The molecule has 0 aromatic heterocycles. The Morgan fingerprint density at radius 3 is 2.30 bits per heavy atom. The van der Waals surface area contributed by atoms with Gasteiger partial charge in [-0.05, 0) is 54.7 Å². The zero-order chi connectivity index (χ0) is 19.8. The van der Waals surface area contributed by atoms with Gasteiger partial charge in [0.15, 0.2) is 17.4 Å². The first-order valence-corrected chi connectivity index (χ1v) is 8.99. The molecule has 0 aliphatic rings. The monoisotopic (exact) mass is 378 g/mol. The molecule has 6 heteroatoms. The van der Waals surface area contributed by atoms with E-state index < -0.39 is 23.4 Å². The Morgan fingerprint density at radius 1 is 1.00 bits per heavy atom. The number of ether oxygens (including phenoxy) is 2. The molecule has 0 aliphatic heterocycles. The van der Waals surface area contributed by atoms with E-state index in [1.54, 1.807) is 12.1 Å². The second kappa shape index (κ2) is 9.90. The van der Waals surface area contributed by atoms with Crippen LogP contribution in [0, 0.1) is 18.6 Å². The Hall–Kier alpha value is -2.63. The lowest BCUT2D eigenvalue weighted by Crippen LogP contribution is -2.05. The number of unbranched alkanes of at least 4 members (excludes halogenated alkanes) is 1. The number of hydrogen-bond donors (Lipinski definition) is 1. The molecular formula is C21H24F2O4. The van der Waals surface area contributed by atoms with Crippen molar-refractivity contribution in [2.75, 3.05) is 13.2 Å². The molecule has 0 heterocycles. The van der Waals surface area contributed by atoms with Crippen molar-refractivity contribution in [1.82, 2.24) is 0 Å². The van der Waals surface area contributed by atoms with Crippen LogP contribution in [0.3, 0.4) is 0 Å². The third-order valence-corrected chi connectivity index (χ3v) is 4.06. The summed E-state index contributed by atoms with van der Waals surface area (Å²) in [5, 5.41) is 8.58. The number of carboxylic acids is 1. The van der Waals surface area contributed by atoms with Crippen LogP contribution in [0.15, 0.2) is 30.3 Å². The largest absolute Gasteiger partial charge is 0.493 e. The van der Waals surface area contributed by atoms with Crippen LogP contribution in [0.2, 0.25) is 0 Å². The van der Waals surface area contributed by atoms with E-state index in [2.05, 4.69) is 6.92 Å². The molecule has 2 aromatic carbocycles. The van der Waals surface area contributed by atoms with E-state index in [4.69, 9.17) is 14.6 Å². The Kier molecular flexibility index (Phi) is 7.58. The SMILES string of the molecule is CCCCOc1cc(-c2cc(F)c(OCCCC(=O)O)c(F)c2)ccc1C. The van der Waals surface area contributed by atoms with E-state index in [-0.39, 0.29) is 19.4 Å². The van der Waals surface area contributed by atoms with Gasteiger partial charge in [0.1, 0.15) is 5.75 Å². The normalized spacial score (nSPS) is 10.7. The molecule has 146 valence electrons. The Morgan fingerprint density at radius 2 is 1.67 bits per heavy atom. The number of halogens is 2. The van der Waals surface area contributed by atoms with E-state index in [9.17, 15) is 13.6 Å². The van der Waals surface area contributed by atoms with Gasteiger partial charge in [-0.2, -0.15) is 0 Å². The van der Waals surface area contributed by atoms with Gasteiger partial charge in [-0.25, -0.2) is 8.78 Å². The second-order valence-corrected chi connectivity index (χ2v) is 6.30. The molecule has 0 amide bonds. The summed E-state index contributed by atoms with van der Waals surface area (Å²) in [5.74, 6) is -2.43. The van der Waals surface area contributed by atoms with Crippen LogP contribution < -0.4 is 9.47 Å². The van der Waals surface area contributed by atoms with Crippen LogP contribution in [0.25, 0.3) is 11.1 Å². The second-order valence-electron chi connectivity index (χ2n) is 6.30. The van der Waals surface area contributed by atoms with E-state index in [1.165, 1.54) is 12.1 Å². The summed E-state index contributed by atoms with van der Waals surface area (Å²) in [5.41, 5.74) is 1.97. The van der Waals surface area contributed by atoms with Crippen molar-refractivity contribution in [3.8, 4) is 22.6 Å². The molecule has 1 N–H and O–H groups in total. The highest BCUT2D eigenvalue weighted by atomic mass is 19.1. The highest BCUT2D eigenvalue weighted by Gasteiger charge is 2.15.